The Morgan fingerprint density at radius 3 is 3.08 bits per heavy atom. The fourth-order valence-electron chi connectivity index (χ4n) is 1.52. The van der Waals surface area contributed by atoms with Gasteiger partial charge in [-0.3, -0.25) is 5.10 Å². The van der Waals surface area contributed by atoms with Crippen molar-refractivity contribution in [1.29, 1.82) is 0 Å². The molecule has 1 N–H and O–H groups in total. The molecule has 2 heterocycles. The van der Waals surface area contributed by atoms with Gasteiger partial charge in [0.25, 0.3) is 0 Å². The number of likely N-dealkylation sites (N-methyl/N-ethyl adjacent to an activating group) is 1. The average Bonchev–Trinajstić information content (AvgIpc) is 2.48. The smallest absolute Gasteiger partial charge is 0.193 e. The second kappa shape index (κ2) is 2.94. The molecule has 0 saturated carbocycles. The van der Waals surface area contributed by atoms with E-state index in [1.165, 1.54) is 0 Å². The molecule has 0 radical (unpaired) electrons. The lowest BCUT2D eigenvalue weighted by atomic mass is 10.1. The molecule has 4 nitrogen and oxygen atoms in total. The maximum Gasteiger partial charge on any atom is 0.193 e. The van der Waals surface area contributed by atoms with Crippen molar-refractivity contribution in [2.45, 2.75) is 19.8 Å². The lowest BCUT2D eigenvalue weighted by Gasteiger charge is -2.24. The van der Waals surface area contributed by atoms with E-state index in [2.05, 4.69) is 28.9 Å². The third-order valence-corrected chi connectivity index (χ3v) is 2.34. The SMILES string of the molecule is CC(C)c1[nH]nc2c1OCCN2C.[HH]. The van der Waals surface area contributed by atoms with E-state index in [0.29, 0.717) is 5.92 Å². The van der Waals surface area contributed by atoms with Crippen molar-refractivity contribution in [1.82, 2.24) is 10.2 Å². The molecule has 1 aromatic heterocycles. The van der Waals surface area contributed by atoms with Crippen LogP contribution in [0.2, 0.25) is 0 Å². The molecule has 4 heteroatoms. The predicted molar refractivity (Wildman–Crippen MR) is 53.6 cm³/mol. The maximum atomic E-state index is 5.59. The highest BCUT2D eigenvalue weighted by Crippen LogP contribution is 2.35. The summed E-state index contributed by atoms with van der Waals surface area (Å²) in [6.45, 7) is 5.93. The summed E-state index contributed by atoms with van der Waals surface area (Å²) in [6.07, 6.45) is 0. The number of fused-ring (bicyclic) bond motifs is 1. The minimum atomic E-state index is 0. The van der Waals surface area contributed by atoms with Crippen molar-refractivity contribution >= 4 is 5.82 Å². The molecule has 0 spiro atoms. The van der Waals surface area contributed by atoms with Crippen LogP contribution in [-0.4, -0.2) is 30.4 Å². The Balaban J connectivity index is 0.000000980. The molecule has 2 rings (SSSR count). The predicted octanol–water partition coefficient (Wildman–Crippen LogP) is 1.61. The number of H-pyrrole nitrogens is 1. The number of hydrogen-bond donors (Lipinski definition) is 1. The van der Waals surface area contributed by atoms with E-state index in [1.807, 2.05) is 7.05 Å². The number of anilines is 1. The molecule has 74 valence electrons. The molecular weight excluding hydrogens is 166 g/mol. The van der Waals surface area contributed by atoms with Crippen molar-refractivity contribution < 1.29 is 6.16 Å². The lowest BCUT2D eigenvalue weighted by molar-refractivity contribution is 0.307. The number of aromatic nitrogens is 2. The quantitative estimate of drug-likeness (QED) is 0.719. The van der Waals surface area contributed by atoms with E-state index in [0.717, 1.165) is 30.4 Å². The summed E-state index contributed by atoms with van der Waals surface area (Å²) in [5, 5.41) is 7.26. The first-order chi connectivity index (χ1) is 6.20. The van der Waals surface area contributed by atoms with Gasteiger partial charge < -0.3 is 9.64 Å². The average molecular weight is 183 g/mol. The van der Waals surface area contributed by atoms with Crippen molar-refractivity contribution in [3.8, 4) is 5.75 Å². The molecule has 0 saturated heterocycles. The molecule has 0 unspecified atom stereocenters. The first-order valence-corrected chi connectivity index (χ1v) is 4.62. The third kappa shape index (κ3) is 1.26. The van der Waals surface area contributed by atoms with Gasteiger partial charge in [0.2, 0.25) is 0 Å². The zero-order valence-corrected chi connectivity index (χ0v) is 8.29. The minimum absolute atomic E-state index is 0. The van der Waals surface area contributed by atoms with Gasteiger partial charge in [-0.2, -0.15) is 5.10 Å². The van der Waals surface area contributed by atoms with Gasteiger partial charge in [-0.25, -0.2) is 0 Å². The summed E-state index contributed by atoms with van der Waals surface area (Å²) in [5.41, 5.74) is 1.10. The third-order valence-electron chi connectivity index (χ3n) is 2.34. The standard InChI is InChI=1S/C9H15N3O.H2/c1-6(2)7-8-9(11-10-7)12(3)4-5-13-8;/h6H,4-5H2,1-3H3,(H,10,11);1H. The van der Waals surface area contributed by atoms with Gasteiger partial charge >= 0.3 is 0 Å². The van der Waals surface area contributed by atoms with Crippen LogP contribution in [0, 0.1) is 0 Å². The van der Waals surface area contributed by atoms with E-state index < -0.39 is 0 Å². The fraction of sp³-hybridized carbons (Fsp3) is 0.667. The topological polar surface area (TPSA) is 41.1 Å². The van der Waals surface area contributed by atoms with E-state index in [9.17, 15) is 0 Å². The number of ether oxygens (including phenoxy) is 1. The van der Waals surface area contributed by atoms with Gasteiger partial charge in [-0.1, -0.05) is 13.8 Å². The Kier molecular flexibility index (Phi) is 1.90. The molecule has 0 atom stereocenters. The summed E-state index contributed by atoms with van der Waals surface area (Å²) >= 11 is 0. The Morgan fingerprint density at radius 2 is 2.38 bits per heavy atom. The number of nitrogens with one attached hydrogen (secondary N) is 1. The first kappa shape index (κ1) is 8.41. The van der Waals surface area contributed by atoms with Crippen molar-refractivity contribution in [2.75, 3.05) is 25.1 Å². The molecule has 0 bridgehead atoms. The van der Waals surface area contributed by atoms with Crippen LogP contribution in [0.1, 0.15) is 26.9 Å². The summed E-state index contributed by atoms with van der Waals surface area (Å²) in [5.74, 6) is 2.31. The molecule has 13 heavy (non-hydrogen) atoms. The van der Waals surface area contributed by atoms with Gasteiger partial charge in [0.15, 0.2) is 11.6 Å². The number of hydrogen-bond acceptors (Lipinski definition) is 3. The van der Waals surface area contributed by atoms with Crippen LogP contribution < -0.4 is 9.64 Å². The number of aromatic amines is 1. The molecule has 1 aliphatic heterocycles. The molecule has 1 aliphatic rings. The van der Waals surface area contributed by atoms with E-state index in [4.69, 9.17) is 4.74 Å². The molecular formula is C9H17N3O. The summed E-state index contributed by atoms with van der Waals surface area (Å²) < 4.78 is 5.59. The van der Waals surface area contributed by atoms with Gasteiger partial charge in [0.05, 0.1) is 12.2 Å². The highest BCUT2D eigenvalue weighted by Gasteiger charge is 2.23. The first-order valence-electron chi connectivity index (χ1n) is 4.62. The van der Waals surface area contributed by atoms with Gasteiger partial charge in [-0.15, -0.1) is 0 Å². The van der Waals surface area contributed by atoms with Crippen LogP contribution in [0.25, 0.3) is 0 Å². The van der Waals surface area contributed by atoms with Crippen LogP contribution in [-0.2, 0) is 0 Å². The zero-order valence-electron chi connectivity index (χ0n) is 8.29. The molecule has 0 amide bonds. The zero-order chi connectivity index (χ0) is 9.42. The Morgan fingerprint density at radius 1 is 1.62 bits per heavy atom. The summed E-state index contributed by atoms with van der Waals surface area (Å²) in [6, 6.07) is 0. The maximum absolute atomic E-state index is 5.59. The highest BCUT2D eigenvalue weighted by atomic mass is 16.5. The monoisotopic (exact) mass is 183 g/mol. The Labute approximate surface area is 79.4 Å². The fourth-order valence-corrected chi connectivity index (χ4v) is 1.52. The van der Waals surface area contributed by atoms with E-state index >= 15 is 0 Å². The van der Waals surface area contributed by atoms with Crippen molar-refractivity contribution in [3.05, 3.63) is 5.69 Å². The van der Waals surface area contributed by atoms with Gasteiger partial charge in [-0.05, 0) is 5.92 Å². The van der Waals surface area contributed by atoms with Gasteiger partial charge in [0.1, 0.15) is 6.61 Å². The van der Waals surface area contributed by atoms with E-state index in [-0.39, 0.29) is 1.43 Å². The second-order valence-corrected chi connectivity index (χ2v) is 3.71. The lowest BCUT2D eigenvalue weighted by Crippen LogP contribution is -2.28. The van der Waals surface area contributed by atoms with Crippen LogP contribution in [0.15, 0.2) is 0 Å². The largest absolute Gasteiger partial charge is 0.486 e. The summed E-state index contributed by atoms with van der Waals surface area (Å²) in [7, 11) is 2.03. The number of nitrogens with zero attached hydrogens (tertiary/aromatic N) is 2. The highest BCUT2D eigenvalue weighted by molar-refractivity contribution is 5.56. The number of rotatable bonds is 1. The Bertz CT molecular complexity index is 298. The normalized spacial score (nSPS) is 15.8. The van der Waals surface area contributed by atoms with Gasteiger partial charge in [0, 0.05) is 8.47 Å². The van der Waals surface area contributed by atoms with Crippen molar-refractivity contribution in [2.24, 2.45) is 0 Å². The molecule has 0 aromatic carbocycles. The molecule has 1 aromatic rings. The second-order valence-electron chi connectivity index (χ2n) is 3.71. The van der Waals surface area contributed by atoms with Crippen LogP contribution in [0.4, 0.5) is 5.82 Å². The van der Waals surface area contributed by atoms with Crippen LogP contribution in [0.5, 0.6) is 5.75 Å². The molecule has 0 aliphatic carbocycles. The summed E-state index contributed by atoms with van der Waals surface area (Å²) in [4.78, 5) is 2.11. The Hall–Kier alpha value is -1.19. The van der Waals surface area contributed by atoms with Crippen LogP contribution in [0.3, 0.4) is 0 Å². The van der Waals surface area contributed by atoms with Crippen LogP contribution >= 0.6 is 0 Å². The van der Waals surface area contributed by atoms with E-state index in [1.54, 1.807) is 0 Å². The van der Waals surface area contributed by atoms with Crippen molar-refractivity contribution in [3.63, 3.8) is 0 Å². The minimum Gasteiger partial charge on any atom is -0.486 e. The molecule has 0 fully saturated rings.